The molecule has 0 aliphatic carbocycles. The van der Waals surface area contributed by atoms with Crippen molar-refractivity contribution in [2.45, 2.75) is 18.8 Å². The van der Waals surface area contributed by atoms with Crippen LogP contribution in [0, 0.1) is 0 Å². The molecule has 12 heavy (non-hydrogen) atoms. The van der Waals surface area contributed by atoms with Crippen molar-refractivity contribution >= 4 is 5.97 Å². The third kappa shape index (κ3) is 1.80. The summed E-state index contributed by atoms with van der Waals surface area (Å²) >= 11 is 0. The number of nitrogens with zero attached hydrogens (tertiary/aromatic N) is 1. The minimum Gasteiger partial charge on any atom is -0.238 e. The molecule has 0 aromatic rings. The lowest BCUT2D eigenvalue weighted by Gasteiger charge is -2.15. The van der Waals surface area contributed by atoms with E-state index in [2.05, 4.69) is 4.99 Å². The maximum Gasteiger partial charge on any atom is 0.414 e. The van der Waals surface area contributed by atoms with Gasteiger partial charge in [-0.15, -0.1) is 0 Å². The average molecular weight is 185 g/mol. The first-order valence-electron chi connectivity index (χ1n) is 3.05. The van der Waals surface area contributed by atoms with E-state index >= 15 is 0 Å². The molecular formula is C6H4F5N. The molecule has 0 N–H and O–H groups in total. The Bertz CT molecular complexity index is 239. The number of allylic oxidation sites excluding steroid dienone is 1. The Morgan fingerprint density at radius 1 is 1.42 bits per heavy atom. The second-order valence-corrected chi connectivity index (χ2v) is 2.28. The van der Waals surface area contributed by atoms with Crippen LogP contribution in [0.5, 0.6) is 0 Å². The highest BCUT2D eigenvalue weighted by molar-refractivity contribution is 5.81. The van der Waals surface area contributed by atoms with Crippen molar-refractivity contribution in [1.29, 1.82) is 0 Å². The van der Waals surface area contributed by atoms with Gasteiger partial charge in [-0.2, -0.15) is 17.6 Å². The molecule has 0 radical (unpaired) electrons. The maximum atomic E-state index is 12.3. The van der Waals surface area contributed by atoms with Gasteiger partial charge in [-0.1, -0.05) is 0 Å². The quantitative estimate of drug-likeness (QED) is 0.514. The summed E-state index contributed by atoms with van der Waals surface area (Å²) in [5.74, 6) is -1.40. The van der Waals surface area contributed by atoms with Gasteiger partial charge >= 0.3 is 6.18 Å². The minimum atomic E-state index is -4.62. The van der Waals surface area contributed by atoms with Gasteiger partial charge in [0.25, 0.3) is 0 Å². The Morgan fingerprint density at radius 3 is 2.42 bits per heavy atom. The molecule has 0 aromatic heterocycles. The highest BCUT2D eigenvalue weighted by Gasteiger charge is 2.38. The normalized spacial score (nSPS) is 24.9. The number of hydrogen-bond acceptors (Lipinski definition) is 1. The zero-order chi connectivity index (χ0) is 9.35. The molecule has 1 aliphatic heterocycles. The molecule has 1 aliphatic rings. The minimum absolute atomic E-state index is 0.311. The Balaban J connectivity index is 2.84. The van der Waals surface area contributed by atoms with Crippen molar-refractivity contribution in [2.24, 2.45) is 4.99 Å². The van der Waals surface area contributed by atoms with Gasteiger partial charge < -0.3 is 0 Å². The summed E-state index contributed by atoms with van der Waals surface area (Å²) in [4.78, 5) is 2.65. The molecule has 6 heteroatoms. The van der Waals surface area contributed by atoms with Crippen LogP contribution in [0.4, 0.5) is 22.0 Å². The topological polar surface area (TPSA) is 12.4 Å². The van der Waals surface area contributed by atoms with Gasteiger partial charge in [-0.3, -0.25) is 0 Å². The predicted molar refractivity (Wildman–Crippen MR) is 32.2 cm³/mol. The molecule has 1 heterocycles. The van der Waals surface area contributed by atoms with E-state index in [-0.39, 0.29) is 0 Å². The van der Waals surface area contributed by atoms with Crippen molar-refractivity contribution in [1.82, 2.24) is 0 Å². The van der Waals surface area contributed by atoms with Crippen LogP contribution in [0.15, 0.2) is 16.8 Å². The lowest BCUT2D eigenvalue weighted by atomic mass is 10.1. The van der Waals surface area contributed by atoms with E-state index in [9.17, 15) is 22.0 Å². The van der Waals surface area contributed by atoms with Crippen molar-refractivity contribution in [3.05, 3.63) is 11.8 Å². The van der Waals surface area contributed by atoms with Gasteiger partial charge in [0, 0.05) is 12.6 Å². The van der Waals surface area contributed by atoms with E-state index in [0.717, 1.165) is 0 Å². The SMILES string of the molecule is FC1=NC=C(C(F)(F)F)CC1F. The lowest BCUT2D eigenvalue weighted by molar-refractivity contribution is -0.0955. The van der Waals surface area contributed by atoms with Crippen LogP contribution >= 0.6 is 0 Å². The Hall–Kier alpha value is -0.940. The molecule has 68 valence electrons. The van der Waals surface area contributed by atoms with Crippen LogP contribution in [0.1, 0.15) is 6.42 Å². The summed E-state index contributed by atoms with van der Waals surface area (Å²) < 4.78 is 59.9. The van der Waals surface area contributed by atoms with Crippen LogP contribution < -0.4 is 0 Å². The van der Waals surface area contributed by atoms with Crippen molar-refractivity contribution in [3.63, 3.8) is 0 Å². The summed E-state index contributed by atoms with van der Waals surface area (Å²) in [6, 6.07) is 0. The number of rotatable bonds is 0. The van der Waals surface area contributed by atoms with Gasteiger partial charge in [-0.05, 0) is 0 Å². The van der Waals surface area contributed by atoms with Gasteiger partial charge in [0.2, 0.25) is 5.97 Å². The predicted octanol–water partition coefficient (Wildman–Crippen LogP) is 2.54. The largest absolute Gasteiger partial charge is 0.414 e. The first-order valence-corrected chi connectivity index (χ1v) is 3.05. The van der Waals surface area contributed by atoms with Gasteiger partial charge in [0.05, 0.1) is 5.57 Å². The highest BCUT2D eigenvalue weighted by atomic mass is 19.4. The van der Waals surface area contributed by atoms with E-state index < -0.39 is 30.3 Å². The first kappa shape index (κ1) is 9.15. The smallest absolute Gasteiger partial charge is 0.238 e. The molecular weight excluding hydrogens is 181 g/mol. The fourth-order valence-electron chi connectivity index (χ4n) is 0.739. The Morgan fingerprint density at radius 2 is 2.00 bits per heavy atom. The van der Waals surface area contributed by atoms with Gasteiger partial charge in [0.1, 0.15) is 0 Å². The van der Waals surface area contributed by atoms with E-state index in [1.165, 1.54) is 0 Å². The Labute approximate surface area is 64.6 Å². The molecule has 1 rings (SSSR count). The van der Waals surface area contributed by atoms with Crippen molar-refractivity contribution < 1.29 is 22.0 Å². The highest BCUT2D eigenvalue weighted by Crippen LogP contribution is 2.32. The molecule has 1 atom stereocenters. The van der Waals surface area contributed by atoms with Gasteiger partial charge in [-0.25, -0.2) is 9.38 Å². The van der Waals surface area contributed by atoms with Crippen LogP contribution in [-0.4, -0.2) is 18.3 Å². The van der Waals surface area contributed by atoms with Crippen LogP contribution in [0.2, 0.25) is 0 Å². The lowest BCUT2D eigenvalue weighted by Crippen LogP contribution is -2.22. The van der Waals surface area contributed by atoms with E-state index in [4.69, 9.17) is 0 Å². The molecule has 1 unspecified atom stereocenters. The molecule has 0 bridgehead atoms. The third-order valence-electron chi connectivity index (χ3n) is 1.37. The number of halogens is 5. The van der Waals surface area contributed by atoms with Crippen LogP contribution in [-0.2, 0) is 0 Å². The number of aliphatic imine (C=N–C) groups is 1. The number of hydrogen-bond donors (Lipinski definition) is 0. The second-order valence-electron chi connectivity index (χ2n) is 2.28. The first-order chi connectivity index (χ1) is 5.41. The molecule has 0 spiro atoms. The monoisotopic (exact) mass is 185 g/mol. The fourth-order valence-corrected chi connectivity index (χ4v) is 0.739. The molecule has 0 saturated heterocycles. The number of alkyl halides is 4. The van der Waals surface area contributed by atoms with Crippen LogP contribution in [0.25, 0.3) is 0 Å². The maximum absolute atomic E-state index is 12.3. The third-order valence-corrected chi connectivity index (χ3v) is 1.37. The zero-order valence-corrected chi connectivity index (χ0v) is 5.70. The van der Waals surface area contributed by atoms with Crippen LogP contribution in [0.3, 0.4) is 0 Å². The summed E-state index contributed by atoms with van der Waals surface area (Å²) in [6.07, 6.45) is -7.55. The van der Waals surface area contributed by atoms with Crippen molar-refractivity contribution in [3.8, 4) is 0 Å². The van der Waals surface area contributed by atoms with Crippen molar-refractivity contribution in [2.75, 3.05) is 0 Å². The molecule has 1 nitrogen and oxygen atoms in total. The summed E-state index contributed by atoms with van der Waals surface area (Å²) in [5, 5.41) is 0. The summed E-state index contributed by atoms with van der Waals surface area (Å²) in [7, 11) is 0. The standard InChI is InChI=1S/C6H4F5N/c7-4-1-3(6(9,10)11)2-12-5(4)8/h2,4H,1H2. The average Bonchev–Trinajstić information content (AvgIpc) is 1.92. The second kappa shape index (κ2) is 2.84. The molecule has 0 amide bonds. The van der Waals surface area contributed by atoms with Gasteiger partial charge in [0.15, 0.2) is 6.17 Å². The fraction of sp³-hybridized carbons (Fsp3) is 0.500. The molecule has 0 fully saturated rings. The zero-order valence-electron chi connectivity index (χ0n) is 5.70. The summed E-state index contributed by atoms with van der Waals surface area (Å²) in [6.45, 7) is 0. The molecule has 0 saturated carbocycles. The Kier molecular flexibility index (Phi) is 2.16. The summed E-state index contributed by atoms with van der Waals surface area (Å²) in [5.41, 5.74) is -1.14. The van der Waals surface area contributed by atoms with E-state index in [0.29, 0.717) is 6.20 Å². The van der Waals surface area contributed by atoms with E-state index in [1.54, 1.807) is 0 Å². The van der Waals surface area contributed by atoms with E-state index in [1.807, 2.05) is 0 Å². The molecule has 0 aromatic carbocycles.